The maximum atomic E-state index is 13.2. The molecule has 0 fully saturated rings. The van der Waals surface area contributed by atoms with E-state index in [1.807, 2.05) is 0 Å². The van der Waals surface area contributed by atoms with Crippen LogP contribution in [-0.2, 0) is 11.0 Å². The van der Waals surface area contributed by atoms with Crippen molar-refractivity contribution in [2.45, 2.75) is 6.18 Å². The highest BCUT2D eigenvalue weighted by Gasteiger charge is 2.35. The van der Waals surface area contributed by atoms with Crippen LogP contribution in [0.4, 0.5) is 22.7 Å². The van der Waals surface area contributed by atoms with Gasteiger partial charge in [-0.3, -0.25) is 10.1 Å². The minimum Gasteiger partial charge on any atom is -0.481 e. The molecule has 10 heteroatoms. The van der Waals surface area contributed by atoms with Gasteiger partial charge in [0.25, 0.3) is 5.91 Å². The zero-order valence-corrected chi connectivity index (χ0v) is 11.0. The molecule has 0 saturated carbocycles. The molecule has 112 valence electrons. The van der Waals surface area contributed by atoms with Gasteiger partial charge >= 0.3 is 6.18 Å². The van der Waals surface area contributed by atoms with Crippen molar-refractivity contribution in [2.75, 3.05) is 11.9 Å². The molecule has 2 rings (SSSR count). The number of rotatable bonds is 4. The molecule has 1 N–H and O–H groups in total. The van der Waals surface area contributed by atoms with Crippen LogP contribution in [0.2, 0.25) is 0 Å². The summed E-state index contributed by atoms with van der Waals surface area (Å²) in [5, 5.41) is 6.68. The van der Waals surface area contributed by atoms with E-state index in [0.29, 0.717) is 0 Å². The normalized spacial score (nSPS) is 11.2. The van der Waals surface area contributed by atoms with Crippen molar-refractivity contribution in [2.24, 2.45) is 0 Å². The van der Waals surface area contributed by atoms with Gasteiger partial charge in [0, 0.05) is 0 Å². The Bertz CT molecular complexity index is 644. The highest BCUT2D eigenvalue weighted by Crippen LogP contribution is 2.32. The van der Waals surface area contributed by atoms with Crippen molar-refractivity contribution in [3.8, 4) is 5.75 Å². The lowest BCUT2D eigenvalue weighted by molar-refractivity contribution is -0.138. The quantitative estimate of drug-likeness (QED) is 0.880. The van der Waals surface area contributed by atoms with Crippen molar-refractivity contribution in [3.63, 3.8) is 0 Å². The Kier molecular flexibility index (Phi) is 4.36. The summed E-state index contributed by atoms with van der Waals surface area (Å²) in [6.07, 6.45) is -4.62. The first kappa shape index (κ1) is 15.2. The van der Waals surface area contributed by atoms with Crippen molar-refractivity contribution in [3.05, 3.63) is 35.1 Å². The van der Waals surface area contributed by atoms with Gasteiger partial charge in [-0.2, -0.15) is 13.2 Å². The SMILES string of the molecule is O=C(COc1ccccc1F)Nc1nnc(C(F)(F)F)s1. The number of benzene rings is 1. The van der Waals surface area contributed by atoms with Crippen LogP contribution in [0.25, 0.3) is 0 Å². The lowest BCUT2D eigenvalue weighted by atomic mass is 10.3. The molecular weight excluding hydrogens is 314 g/mol. The van der Waals surface area contributed by atoms with Gasteiger partial charge in [0.05, 0.1) is 0 Å². The highest BCUT2D eigenvalue weighted by molar-refractivity contribution is 7.15. The van der Waals surface area contributed by atoms with Gasteiger partial charge < -0.3 is 4.74 Å². The second-order valence-corrected chi connectivity index (χ2v) is 4.65. The van der Waals surface area contributed by atoms with Crippen LogP contribution in [0, 0.1) is 5.82 Å². The van der Waals surface area contributed by atoms with Gasteiger partial charge in [-0.25, -0.2) is 4.39 Å². The standard InChI is InChI=1S/C11H7F4N3O2S/c12-6-3-1-2-4-7(6)20-5-8(19)16-10-18-17-9(21-10)11(13,14)15/h1-4H,5H2,(H,16,18,19). The molecule has 2 aromatic rings. The van der Waals surface area contributed by atoms with Crippen LogP contribution < -0.4 is 10.1 Å². The van der Waals surface area contributed by atoms with Crippen LogP contribution in [0.15, 0.2) is 24.3 Å². The monoisotopic (exact) mass is 321 g/mol. The number of halogens is 4. The van der Waals surface area contributed by atoms with E-state index >= 15 is 0 Å². The number of aromatic nitrogens is 2. The number of hydrogen-bond acceptors (Lipinski definition) is 5. The van der Waals surface area contributed by atoms with Crippen LogP contribution in [-0.4, -0.2) is 22.7 Å². The summed E-state index contributed by atoms with van der Waals surface area (Å²) < 4.78 is 54.9. The summed E-state index contributed by atoms with van der Waals surface area (Å²) in [6, 6.07) is 5.42. The molecule has 0 aliphatic carbocycles. The van der Waals surface area contributed by atoms with Crippen molar-refractivity contribution in [1.29, 1.82) is 0 Å². The Morgan fingerprint density at radius 1 is 1.29 bits per heavy atom. The van der Waals surface area contributed by atoms with E-state index in [4.69, 9.17) is 4.74 Å². The molecule has 5 nitrogen and oxygen atoms in total. The summed E-state index contributed by atoms with van der Waals surface area (Å²) in [4.78, 5) is 11.5. The van der Waals surface area contributed by atoms with Gasteiger partial charge in [-0.1, -0.05) is 23.5 Å². The molecular formula is C11H7F4N3O2S. The third-order valence-electron chi connectivity index (χ3n) is 2.11. The van der Waals surface area contributed by atoms with Crippen molar-refractivity contribution in [1.82, 2.24) is 10.2 Å². The first-order valence-electron chi connectivity index (χ1n) is 5.44. The van der Waals surface area contributed by atoms with E-state index in [0.717, 1.165) is 6.07 Å². The van der Waals surface area contributed by atoms with E-state index < -0.39 is 29.5 Å². The Balaban J connectivity index is 1.90. The van der Waals surface area contributed by atoms with Crippen molar-refractivity contribution < 1.29 is 27.1 Å². The van der Waals surface area contributed by atoms with Gasteiger partial charge in [0.1, 0.15) is 0 Å². The van der Waals surface area contributed by atoms with Crippen LogP contribution in [0.1, 0.15) is 5.01 Å². The number of amides is 1. The Morgan fingerprint density at radius 2 is 2.00 bits per heavy atom. The topological polar surface area (TPSA) is 64.1 Å². The van der Waals surface area contributed by atoms with Crippen molar-refractivity contribution >= 4 is 22.4 Å². The number of para-hydroxylation sites is 1. The summed E-state index contributed by atoms with van der Waals surface area (Å²) >= 11 is 0.184. The lowest BCUT2D eigenvalue weighted by Gasteiger charge is -2.06. The fourth-order valence-electron chi connectivity index (χ4n) is 1.25. The molecule has 0 atom stereocenters. The maximum absolute atomic E-state index is 13.2. The largest absolute Gasteiger partial charge is 0.481 e. The molecule has 0 saturated heterocycles. The maximum Gasteiger partial charge on any atom is 0.445 e. The fraction of sp³-hybridized carbons (Fsp3) is 0.182. The Hall–Kier alpha value is -2.23. The Morgan fingerprint density at radius 3 is 2.62 bits per heavy atom. The number of nitrogens with zero attached hydrogens (tertiary/aromatic N) is 2. The summed E-state index contributed by atoms with van der Waals surface area (Å²) in [6.45, 7) is -0.568. The Labute approximate surface area is 119 Å². The first-order chi connectivity index (χ1) is 9.86. The number of carbonyl (C=O) groups is 1. The number of anilines is 1. The zero-order chi connectivity index (χ0) is 15.5. The molecule has 1 heterocycles. The molecule has 1 aromatic heterocycles. The zero-order valence-electron chi connectivity index (χ0n) is 10.1. The lowest BCUT2D eigenvalue weighted by Crippen LogP contribution is -2.20. The molecule has 0 radical (unpaired) electrons. The van der Waals surface area contributed by atoms with E-state index in [-0.39, 0.29) is 22.2 Å². The van der Waals surface area contributed by atoms with Gasteiger partial charge in [-0.15, -0.1) is 10.2 Å². The van der Waals surface area contributed by atoms with Gasteiger partial charge in [-0.05, 0) is 12.1 Å². The second kappa shape index (κ2) is 6.04. The molecule has 0 aliphatic heterocycles. The average Bonchev–Trinajstić information content (AvgIpc) is 2.86. The fourth-order valence-corrected chi connectivity index (χ4v) is 1.88. The van der Waals surface area contributed by atoms with Crippen LogP contribution >= 0.6 is 11.3 Å². The third kappa shape index (κ3) is 4.12. The van der Waals surface area contributed by atoms with E-state index in [1.165, 1.54) is 18.2 Å². The second-order valence-electron chi connectivity index (χ2n) is 3.68. The van der Waals surface area contributed by atoms with Gasteiger partial charge in [0.2, 0.25) is 10.1 Å². The van der Waals surface area contributed by atoms with E-state index in [2.05, 4.69) is 15.5 Å². The first-order valence-corrected chi connectivity index (χ1v) is 6.26. The predicted octanol–water partition coefficient (Wildman–Crippen LogP) is 2.71. The van der Waals surface area contributed by atoms with Crippen LogP contribution in [0.3, 0.4) is 0 Å². The van der Waals surface area contributed by atoms with Gasteiger partial charge in [0.15, 0.2) is 18.2 Å². The minimum absolute atomic E-state index is 0.138. The van der Waals surface area contributed by atoms with E-state index in [1.54, 1.807) is 0 Å². The molecule has 1 aromatic carbocycles. The average molecular weight is 321 g/mol. The highest BCUT2D eigenvalue weighted by atomic mass is 32.1. The number of alkyl halides is 3. The molecule has 21 heavy (non-hydrogen) atoms. The molecule has 0 spiro atoms. The summed E-state index contributed by atoms with van der Waals surface area (Å²) in [5.74, 6) is -1.57. The number of ether oxygens (including phenoxy) is 1. The molecule has 0 unspecified atom stereocenters. The van der Waals surface area contributed by atoms with E-state index in [9.17, 15) is 22.4 Å². The number of carbonyl (C=O) groups excluding carboxylic acids is 1. The summed E-state index contributed by atoms with van der Waals surface area (Å²) in [7, 11) is 0. The number of nitrogens with one attached hydrogen (secondary N) is 1. The molecule has 1 amide bonds. The molecule has 0 aliphatic rings. The summed E-state index contributed by atoms with van der Waals surface area (Å²) in [5.41, 5.74) is 0. The van der Waals surface area contributed by atoms with Crippen LogP contribution in [0.5, 0.6) is 5.75 Å². The number of hydrogen-bond donors (Lipinski definition) is 1. The minimum atomic E-state index is -4.62. The third-order valence-corrected chi connectivity index (χ3v) is 2.99. The predicted molar refractivity (Wildman–Crippen MR) is 65.4 cm³/mol. The smallest absolute Gasteiger partial charge is 0.445 e. The molecule has 0 bridgehead atoms.